The van der Waals surface area contributed by atoms with Crippen LogP contribution in [0.2, 0.25) is 0 Å². The Morgan fingerprint density at radius 2 is 2.16 bits per heavy atom. The number of aryl methyl sites for hydroxylation is 1. The smallest absolute Gasteiger partial charge is 0.118 e. The van der Waals surface area contributed by atoms with Gasteiger partial charge in [0.25, 0.3) is 0 Å². The first-order valence-electron chi connectivity index (χ1n) is 8.69. The van der Waals surface area contributed by atoms with Gasteiger partial charge in [0.05, 0.1) is 0 Å². The summed E-state index contributed by atoms with van der Waals surface area (Å²) in [6.07, 6.45) is 10.6. The average molecular weight is 336 g/mol. The number of pyridine rings is 1. The molecule has 1 aliphatic carbocycles. The van der Waals surface area contributed by atoms with E-state index in [-0.39, 0.29) is 0 Å². The lowest BCUT2D eigenvalue weighted by Crippen LogP contribution is -2.25. The molecule has 0 unspecified atom stereocenters. The van der Waals surface area contributed by atoms with Crippen molar-refractivity contribution in [2.75, 3.05) is 6.54 Å². The minimum atomic E-state index is 0.396. The molecular weight excluding hydrogens is 308 g/mol. The van der Waals surface area contributed by atoms with Gasteiger partial charge in [0, 0.05) is 36.3 Å². The summed E-state index contributed by atoms with van der Waals surface area (Å²) in [7, 11) is 0. The van der Waals surface area contributed by atoms with Gasteiger partial charge in [-0.2, -0.15) is 0 Å². The van der Waals surface area contributed by atoms with Gasteiger partial charge in [-0.25, -0.2) is 0 Å². The van der Waals surface area contributed by atoms with E-state index in [0.29, 0.717) is 11.8 Å². The maximum atomic E-state index is 7.88. The van der Waals surface area contributed by atoms with Gasteiger partial charge in [-0.3, -0.25) is 10.4 Å². The zero-order valence-electron chi connectivity index (χ0n) is 15.6. The quantitative estimate of drug-likeness (QED) is 0.399. The SMILES string of the molecule is C=C(/C=C\C(=N)NCC(C)C)N/C(=C\C)C1=Cc2c(ccnc2C)C1. The van der Waals surface area contributed by atoms with Crippen molar-refractivity contribution in [3.05, 3.63) is 70.9 Å². The fraction of sp³-hybridized carbons (Fsp3) is 0.333. The number of nitrogens with one attached hydrogen (secondary N) is 3. The predicted molar refractivity (Wildman–Crippen MR) is 106 cm³/mol. The third-order valence-corrected chi connectivity index (χ3v) is 4.06. The molecule has 2 rings (SSSR count). The highest BCUT2D eigenvalue weighted by Crippen LogP contribution is 2.29. The predicted octanol–water partition coefficient (Wildman–Crippen LogP) is 4.12. The normalized spacial score (nSPS) is 13.8. The molecule has 0 atom stereocenters. The van der Waals surface area contributed by atoms with Crippen molar-refractivity contribution in [2.24, 2.45) is 5.92 Å². The largest absolute Gasteiger partial charge is 0.370 e. The van der Waals surface area contributed by atoms with E-state index < -0.39 is 0 Å². The summed E-state index contributed by atoms with van der Waals surface area (Å²) < 4.78 is 0. The number of rotatable bonds is 7. The van der Waals surface area contributed by atoms with E-state index >= 15 is 0 Å². The molecule has 4 nitrogen and oxygen atoms in total. The molecule has 1 aliphatic rings. The van der Waals surface area contributed by atoms with E-state index in [4.69, 9.17) is 5.41 Å². The van der Waals surface area contributed by atoms with Gasteiger partial charge in [-0.05, 0) is 60.8 Å². The van der Waals surface area contributed by atoms with Gasteiger partial charge in [-0.1, -0.05) is 26.5 Å². The van der Waals surface area contributed by atoms with Crippen molar-refractivity contribution in [3.63, 3.8) is 0 Å². The molecule has 4 heteroatoms. The van der Waals surface area contributed by atoms with Crippen LogP contribution < -0.4 is 10.6 Å². The molecule has 132 valence electrons. The highest BCUT2D eigenvalue weighted by molar-refractivity contribution is 5.90. The Balaban J connectivity index is 1.97. The third-order valence-electron chi connectivity index (χ3n) is 4.06. The van der Waals surface area contributed by atoms with Crippen molar-refractivity contribution in [1.82, 2.24) is 15.6 Å². The number of amidine groups is 1. The second kappa shape index (κ2) is 8.47. The molecule has 3 N–H and O–H groups in total. The van der Waals surface area contributed by atoms with Crippen molar-refractivity contribution < 1.29 is 0 Å². The molecule has 0 fully saturated rings. The summed E-state index contributed by atoms with van der Waals surface area (Å²) in [5.41, 5.74) is 6.63. The lowest BCUT2D eigenvalue weighted by Gasteiger charge is -2.12. The Bertz CT molecular complexity index is 751. The second-order valence-corrected chi connectivity index (χ2v) is 6.69. The summed E-state index contributed by atoms with van der Waals surface area (Å²) in [4.78, 5) is 4.37. The fourth-order valence-electron chi connectivity index (χ4n) is 2.69. The number of aromatic nitrogens is 1. The van der Waals surface area contributed by atoms with Crippen LogP contribution in [0.1, 0.15) is 37.6 Å². The summed E-state index contributed by atoms with van der Waals surface area (Å²) in [5, 5.41) is 14.3. The second-order valence-electron chi connectivity index (χ2n) is 6.69. The van der Waals surface area contributed by atoms with E-state index in [0.717, 1.165) is 30.1 Å². The third kappa shape index (κ3) is 5.18. The number of hydrogen-bond acceptors (Lipinski definition) is 3. The minimum absolute atomic E-state index is 0.396. The zero-order valence-corrected chi connectivity index (χ0v) is 15.6. The fourth-order valence-corrected chi connectivity index (χ4v) is 2.69. The van der Waals surface area contributed by atoms with Crippen LogP contribution in [0.25, 0.3) is 6.08 Å². The van der Waals surface area contributed by atoms with Crippen LogP contribution in [0.4, 0.5) is 0 Å². The van der Waals surface area contributed by atoms with Crippen LogP contribution >= 0.6 is 0 Å². The van der Waals surface area contributed by atoms with Crippen LogP contribution in [0.5, 0.6) is 0 Å². The molecule has 0 amide bonds. The van der Waals surface area contributed by atoms with Crippen molar-refractivity contribution in [3.8, 4) is 0 Å². The summed E-state index contributed by atoms with van der Waals surface area (Å²) in [6.45, 7) is 13.1. The maximum Gasteiger partial charge on any atom is 0.118 e. The van der Waals surface area contributed by atoms with Crippen LogP contribution in [-0.2, 0) is 6.42 Å². The van der Waals surface area contributed by atoms with Crippen LogP contribution in [0.15, 0.2) is 54.0 Å². The van der Waals surface area contributed by atoms with Crippen molar-refractivity contribution in [1.29, 1.82) is 5.41 Å². The average Bonchev–Trinajstić information content (AvgIpc) is 3.01. The van der Waals surface area contributed by atoms with Gasteiger partial charge in [0.1, 0.15) is 5.84 Å². The molecular formula is C21H28N4. The number of nitrogens with zero attached hydrogens (tertiary/aromatic N) is 1. The van der Waals surface area contributed by atoms with E-state index in [2.05, 4.69) is 54.3 Å². The van der Waals surface area contributed by atoms with Crippen LogP contribution in [0.3, 0.4) is 0 Å². The summed E-state index contributed by atoms with van der Waals surface area (Å²) >= 11 is 0. The maximum absolute atomic E-state index is 7.88. The highest BCUT2D eigenvalue weighted by atomic mass is 14.9. The van der Waals surface area contributed by atoms with Gasteiger partial charge >= 0.3 is 0 Å². The molecule has 0 radical (unpaired) electrons. The molecule has 0 spiro atoms. The first-order chi connectivity index (χ1) is 11.9. The summed E-state index contributed by atoms with van der Waals surface area (Å²) in [5.74, 6) is 0.909. The minimum Gasteiger partial charge on any atom is -0.370 e. The van der Waals surface area contributed by atoms with Gasteiger partial charge < -0.3 is 10.6 Å². The number of hydrogen-bond donors (Lipinski definition) is 3. The van der Waals surface area contributed by atoms with Crippen LogP contribution in [0, 0.1) is 18.3 Å². The van der Waals surface area contributed by atoms with Gasteiger partial charge in [0.2, 0.25) is 0 Å². The van der Waals surface area contributed by atoms with Crippen molar-refractivity contribution >= 4 is 11.9 Å². The Morgan fingerprint density at radius 3 is 2.80 bits per heavy atom. The van der Waals surface area contributed by atoms with E-state index in [1.165, 1.54) is 16.7 Å². The number of fused-ring (bicyclic) bond motifs is 1. The first kappa shape index (κ1) is 18.7. The Morgan fingerprint density at radius 1 is 1.40 bits per heavy atom. The lowest BCUT2D eigenvalue weighted by atomic mass is 10.1. The molecule has 25 heavy (non-hydrogen) atoms. The molecule has 0 aliphatic heterocycles. The zero-order chi connectivity index (χ0) is 18.4. The van der Waals surface area contributed by atoms with E-state index in [1.807, 2.05) is 26.1 Å². The molecule has 0 aromatic carbocycles. The first-order valence-corrected chi connectivity index (χ1v) is 8.69. The highest BCUT2D eigenvalue weighted by Gasteiger charge is 2.17. The molecule has 1 heterocycles. The van der Waals surface area contributed by atoms with E-state index in [9.17, 15) is 0 Å². The van der Waals surface area contributed by atoms with Gasteiger partial charge in [0.15, 0.2) is 0 Å². The Labute approximate surface area is 151 Å². The lowest BCUT2D eigenvalue weighted by molar-refractivity contribution is 0.624. The standard InChI is InChI=1S/C21H28N4/c1-6-20(18-11-17-9-10-23-16(5)19(17)12-18)25-15(4)7-8-21(22)24-13-14(2)3/h6-10,12,14,25H,4,11,13H2,1-3,5H3,(H2,22,24)/b8-7-,20-6-. The topological polar surface area (TPSA) is 60.8 Å². The molecule has 0 bridgehead atoms. The van der Waals surface area contributed by atoms with Crippen molar-refractivity contribution in [2.45, 2.75) is 34.1 Å². The molecule has 1 aromatic rings. The molecule has 0 saturated carbocycles. The number of allylic oxidation sites excluding steroid dienone is 3. The summed E-state index contributed by atoms with van der Waals surface area (Å²) in [6, 6.07) is 2.08. The van der Waals surface area contributed by atoms with Gasteiger partial charge in [-0.15, -0.1) is 0 Å². The Hall–Kier alpha value is -2.62. The van der Waals surface area contributed by atoms with Crippen LogP contribution in [-0.4, -0.2) is 17.4 Å². The molecule has 0 saturated heterocycles. The van der Waals surface area contributed by atoms with E-state index in [1.54, 1.807) is 6.08 Å². The molecule has 1 aromatic heterocycles. The Kier molecular flexibility index (Phi) is 6.34. The monoisotopic (exact) mass is 336 g/mol.